The summed E-state index contributed by atoms with van der Waals surface area (Å²) in [5, 5.41) is 7.84. The van der Waals surface area contributed by atoms with Crippen molar-refractivity contribution in [3.63, 3.8) is 0 Å². The predicted octanol–water partition coefficient (Wildman–Crippen LogP) is 1.51. The Kier molecular flexibility index (Phi) is 5.21. The van der Waals surface area contributed by atoms with Gasteiger partial charge in [-0.2, -0.15) is 8.42 Å². The van der Waals surface area contributed by atoms with E-state index in [1.54, 1.807) is 14.1 Å². The number of carbonyl (C=O) groups excluding carboxylic acids is 1. The lowest BCUT2D eigenvalue weighted by Crippen LogP contribution is -2.23. The van der Waals surface area contributed by atoms with Crippen molar-refractivity contribution in [1.82, 2.24) is 15.1 Å². The first-order valence-electron chi connectivity index (χ1n) is 6.15. The summed E-state index contributed by atoms with van der Waals surface area (Å²) < 4.78 is 42.6. The first-order valence-corrected chi connectivity index (χ1v) is 8.45. The van der Waals surface area contributed by atoms with Gasteiger partial charge in [-0.15, -0.1) is 10.2 Å². The lowest BCUT2D eigenvalue weighted by Gasteiger charge is -2.07. The molecule has 0 bridgehead atoms. The maximum Gasteiger partial charge on any atom is 0.488 e. The summed E-state index contributed by atoms with van der Waals surface area (Å²) in [5.41, 5.74) is 0.492. The van der Waals surface area contributed by atoms with Crippen LogP contribution in [0, 0.1) is 0 Å². The van der Waals surface area contributed by atoms with E-state index in [-0.39, 0.29) is 28.5 Å². The molecule has 0 spiro atoms. The van der Waals surface area contributed by atoms with Gasteiger partial charge in [0, 0.05) is 19.7 Å². The number of carbonyl (C=O) groups is 1. The minimum Gasteiger partial charge on any atom is -0.411 e. The van der Waals surface area contributed by atoms with Crippen molar-refractivity contribution in [2.24, 2.45) is 0 Å². The minimum absolute atomic E-state index is 0.0938. The zero-order valence-electron chi connectivity index (χ0n) is 12.1. The molecule has 0 saturated carbocycles. The monoisotopic (exact) mass is 361 g/mol. The fourth-order valence-corrected chi connectivity index (χ4v) is 2.49. The second kappa shape index (κ2) is 6.96. The lowest BCUT2D eigenvalue weighted by atomic mass is 10.2. The number of hydrogen-bond acceptors (Lipinski definition) is 8. The normalized spacial score (nSPS) is 11.3. The van der Waals surface area contributed by atoms with E-state index in [4.69, 9.17) is 4.42 Å². The summed E-state index contributed by atoms with van der Waals surface area (Å²) in [4.78, 5) is 12.9. The van der Waals surface area contributed by atoms with E-state index in [1.165, 1.54) is 29.2 Å². The van der Waals surface area contributed by atoms with Gasteiger partial charge in [-0.3, -0.25) is 4.79 Å². The third-order valence-corrected chi connectivity index (χ3v) is 3.72. The molecule has 2 rings (SSSR count). The van der Waals surface area contributed by atoms with Crippen molar-refractivity contribution in [3.05, 3.63) is 24.3 Å². The van der Waals surface area contributed by atoms with Gasteiger partial charge in [-0.25, -0.2) is 0 Å². The van der Waals surface area contributed by atoms with Crippen LogP contribution >= 0.6 is 11.8 Å². The predicted molar refractivity (Wildman–Crippen MR) is 79.8 cm³/mol. The van der Waals surface area contributed by atoms with Crippen LogP contribution in [0.1, 0.15) is 0 Å². The number of amides is 1. The van der Waals surface area contributed by atoms with Crippen molar-refractivity contribution in [3.8, 4) is 17.2 Å². The molecule has 0 atom stereocenters. The summed E-state index contributed by atoms with van der Waals surface area (Å²) in [6.45, 7) is 0. The molecule has 0 unspecified atom stereocenters. The van der Waals surface area contributed by atoms with Crippen LogP contribution in [-0.2, 0) is 15.3 Å². The van der Waals surface area contributed by atoms with Gasteiger partial charge in [0.15, 0.2) is 0 Å². The number of aromatic nitrogens is 2. The quantitative estimate of drug-likeness (QED) is 0.563. The molecule has 2 aromatic rings. The molecule has 23 heavy (non-hydrogen) atoms. The number of hydrogen-bond donors (Lipinski definition) is 0. The van der Waals surface area contributed by atoms with Crippen molar-refractivity contribution >= 4 is 28.2 Å². The van der Waals surface area contributed by atoms with Gasteiger partial charge in [0.2, 0.25) is 11.8 Å². The fraction of sp³-hybridized carbons (Fsp3) is 0.250. The van der Waals surface area contributed by atoms with Crippen LogP contribution in [0.2, 0.25) is 0 Å². The van der Waals surface area contributed by atoms with Gasteiger partial charge in [0.1, 0.15) is 5.75 Å². The Bertz CT molecular complexity index is 789. The summed E-state index contributed by atoms with van der Waals surface area (Å²) in [7, 11) is -1.78. The topological polar surface area (TPSA) is 103 Å². The Morgan fingerprint density at radius 3 is 2.52 bits per heavy atom. The van der Waals surface area contributed by atoms with Crippen LogP contribution < -0.4 is 4.18 Å². The molecule has 1 aromatic carbocycles. The Labute approximate surface area is 136 Å². The second-order valence-electron chi connectivity index (χ2n) is 4.45. The Morgan fingerprint density at radius 1 is 1.30 bits per heavy atom. The molecule has 0 aliphatic heterocycles. The number of rotatable bonds is 6. The summed E-state index contributed by atoms with van der Waals surface area (Å²) in [5.74, 6) is 0.0700. The molecule has 0 N–H and O–H groups in total. The van der Waals surface area contributed by atoms with Crippen LogP contribution in [0.3, 0.4) is 0 Å². The number of nitrogens with zero attached hydrogens (tertiary/aromatic N) is 3. The van der Waals surface area contributed by atoms with E-state index in [0.717, 1.165) is 11.8 Å². The molecule has 0 radical (unpaired) electrons. The van der Waals surface area contributed by atoms with Crippen molar-refractivity contribution in [2.75, 3.05) is 19.8 Å². The van der Waals surface area contributed by atoms with Crippen LogP contribution in [0.5, 0.6) is 5.75 Å². The van der Waals surface area contributed by atoms with Crippen LogP contribution in [0.25, 0.3) is 11.5 Å². The molecule has 0 saturated heterocycles. The summed E-state index contributed by atoms with van der Waals surface area (Å²) >= 11 is 1.10. The highest BCUT2D eigenvalue weighted by Crippen LogP contribution is 2.25. The van der Waals surface area contributed by atoms with E-state index in [0.29, 0.717) is 5.56 Å². The molecule has 1 aromatic heterocycles. The number of benzene rings is 1. The SMILES string of the molecule is CN(C)C(=O)CSc1nnc(-c2ccc(OS(=O)(=O)F)cc2)o1. The van der Waals surface area contributed by atoms with Gasteiger partial charge >= 0.3 is 10.5 Å². The molecule has 0 aliphatic carbocycles. The smallest absolute Gasteiger partial charge is 0.411 e. The van der Waals surface area contributed by atoms with Gasteiger partial charge < -0.3 is 13.5 Å². The van der Waals surface area contributed by atoms with Gasteiger partial charge in [0.25, 0.3) is 5.22 Å². The van der Waals surface area contributed by atoms with Crippen molar-refractivity contribution in [1.29, 1.82) is 0 Å². The lowest BCUT2D eigenvalue weighted by molar-refractivity contribution is -0.125. The van der Waals surface area contributed by atoms with Crippen molar-refractivity contribution < 1.29 is 25.7 Å². The summed E-state index contributed by atoms with van der Waals surface area (Å²) in [6.07, 6.45) is 0. The fourth-order valence-electron chi connectivity index (χ4n) is 1.41. The zero-order valence-corrected chi connectivity index (χ0v) is 13.7. The maximum atomic E-state index is 12.4. The molecule has 8 nitrogen and oxygen atoms in total. The maximum absolute atomic E-state index is 12.4. The summed E-state index contributed by atoms with van der Waals surface area (Å²) in [6, 6.07) is 5.37. The van der Waals surface area contributed by atoms with E-state index in [1.807, 2.05) is 0 Å². The van der Waals surface area contributed by atoms with E-state index < -0.39 is 10.5 Å². The van der Waals surface area contributed by atoms with Gasteiger partial charge in [-0.05, 0) is 24.3 Å². The van der Waals surface area contributed by atoms with Crippen molar-refractivity contribution in [2.45, 2.75) is 5.22 Å². The first kappa shape index (κ1) is 17.2. The largest absolute Gasteiger partial charge is 0.488 e. The molecule has 1 amide bonds. The standard InChI is InChI=1S/C12H12FN3O5S2/c1-16(2)10(17)7-22-12-15-14-11(20-12)8-3-5-9(6-4-8)21-23(13,18)19/h3-6H,7H2,1-2H3. The molecule has 0 fully saturated rings. The number of thioether (sulfide) groups is 1. The van der Waals surface area contributed by atoms with E-state index >= 15 is 0 Å². The minimum atomic E-state index is -5.06. The molecular weight excluding hydrogens is 349 g/mol. The molecular formula is C12H12FN3O5S2. The Hall–Kier alpha value is -2.14. The Balaban J connectivity index is 2.04. The average Bonchev–Trinajstić information content (AvgIpc) is 2.92. The molecule has 11 heteroatoms. The van der Waals surface area contributed by atoms with Crippen LogP contribution in [0.15, 0.2) is 33.9 Å². The highest BCUT2D eigenvalue weighted by atomic mass is 32.3. The molecule has 1 heterocycles. The first-order chi connectivity index (χ1) is 10.7. The van der Waals surface area contributed by atoms with Crippen LogP contribution in [0.4, 0.5) is 3.89 Å². The zero-order chi connectivity index (χ0) is 17.0. The van der Waals surface area contributed by atoms with E-state index in [2.05, 4.69) is 14.4 Å². The highest BCUT2D eigenvalue weighted by molar-refractivity contribution is 7.99. The van der Waals surface area contributed by atoms with Crippen LogP contribution in [-0.4, -0.2) is 49.3 Å². The third kappa shape index (κ3) is 5.21. The second-order valence-corrected chi connectivity index (χ2v) is 6.33. The molecule has 124 valence electrons. The number of halogens is 1. The van der Waals surface area contributed by atoms with Gasteiger partial charge in [0.05, 0.1) is 5.75 Å². The Morgan fingerprint density at radius 2 is 1.96 bits per heavy atom. The third-order valence-electron chi connectivity index (χ3n) is 2.52. The molecule has 0 aliphatic rings. The average molecular weight is 361 g/mol. The highest BCUT2D eigenvalue weighted by Gasteiger charge is 2.13. The van der Waals surface area contributed by atoms with E-state index in [9.17, 15) is 17.1 Å². The van der Waals surface area contributed by atoms with Gasteiger partial charge in [-0.1, -0.05) is 15.6 Å².